The molecule has 3 atom stereocenters. The van der Waals surface area contributed by atoms with Crippen LogP contribution in [0.15, 0.2) is 23.2 Å². The van der Waals surface area contributed by atoms with Crippen LogP contribution in [0.2, 0.25) is 0 Å². The summed E-state index contributed by atoms with van der Waals surface area (Å²) in [6.07, 6.45) is 8.04. The number of nitrogens with one attached hydrogen (secondary N) is 2. The molecule has 6 aliphatic rings. The number of thioether (sulfide) groups is 1. The average Bonchev–Trinajstić information content (AvgIpc) is 3.21. The number of carbonyl (C=O) groups is 1. The number of fused-ring (bicyclic) bond motifs is 1. The molecule has 1 aromatic rings. The lowest BCUT2D eigenvalue weighted by molar-refractivity contribution is -0.0688. The maximum atomic E-state index is 13.2. The molecule has 8 heteroatoms. The molecule has 4 saturated carbocycles. The summed E-state index contributed by atoms with van der Waals surface area (Å²) in [5.74, 6) is 2.92. The van der Waals surface area contributed by atoms with Crippen LogP contribution in [0.1, 0.15) is 61.4 Å². The van der Waals surface area contributed by atoms with Crippen LogP contribution in [-0.2, 0) is 9.84 Å². The van der Waals surface area contributed by atoms with Crippen LogP contribution >= 0.6 is 11.8 Å². The van der Waals surface area contributed by atoms with Crippen molar-refractivity contribution in [2.24, 2.45) is 28.2 Å². The zero-order valence-corrected chi connectivity index (χ0v) is 21.0. The minimum atomic E-state index is -2.96. The predicted octanol–water partition coefficient (Wildman–Crippen LogP) is 4.01. The van der Waals surface area contributed by atoms with E-state index in [1.165, 1.54) is 50.3 Å². The molecule has 2 heterocycles. The van der Waals surface area contributed by atoms with Crippen molar-refractivity contribution in [1.82, 2.24) is 5.32 Å². The van der Waals surface area contributed by atoms with E-state index in [1.54, 1.807) is 0 Å². The molecule has 0 aromatic heterocycles. The van der Waals surface area contributed by atoms with Crippen LogP contribution in [0.25, 0.3) is 0 Å². The third kappa shape index (κ3) is 4.01. The molecule has 5 fully saturated rings. The van der Waals surface area contributed by atoms with E-state index >= 15 is 0 Å². The number of benzene rings is 1. The van der Waals surface area contributed by atoms with E-state index in [1.807, 2.05) is 25.1 Å². The molecule has 0 radical (unpaired) electrons. The Balaban J connectivity index is 1.15. The molecule has 4 bridgehead atoms. The number of hydrogen-bond donors (Lipinski definition) is 2. The Morgan fingerprint density at radius 1 is 1.12 bits per heavy atom. The number of sulfone groups is 1. The molecule has 178 valence electrons. The number of anilines is 1. The summed E-state index contributed by atoms with van der Waals surface area (Å²) in [5.41, 5.74) is 2.84. The summed E-state index contributed by atoms with van der Waals surface area (Å²) in [4.78, 5) is 17.8. The second-order valence-corrected chi connectivity index (χ2v) is 14.7. The highest BCUT2D eigenvalue weighted by Gasteiger charge is 2.53. The third-order valence-corrected chi connectivity index (χ3v) is 12.1. The smallest absolute Gasteiger partial charge is 0.251 e. The van der Waals surface area contributed by atoms with Gasteiger partial charge < -0.3 is 10.6 Å². The van der Waals surface area contributed by atoms with Crippen LogP contribution in [0, 0.1) is 30.1 Å². The van der Waals surface area contributed by atoms with Gasteiger partial charge in [-0.3, -0.25) is 9.79 Å². The Labute approximate surface area is 200 Å². The monoisotopic (exact) mass is 487 g/mol. The fourth-order valence-electron chi connectivity index (χ4n) is 7.57. The van der Waals surface area contributed by atoms with E-state index in [2.05, 4.69) is 22.5 Å². The summed E-state index contributed by atoms with van der Waals surface area (Å²) in [7, 11) is -2.96. The second-order valence-electron chi connectivity index (χ2n) is 11.4. The maximum Gasteiger partial charge on any atom is 0.251 e. The predicted molar refractivity (Wildman–Crippen MR) is 134 cm³/mol. The van der Waals surface area contributed by atoms with E-state index < -0.39 is 9.84 Å². The highest BCUT2D eigenvalue weighted by Crippen LogP contribution is 2.61. The fourth-order valence-corrected chi connectivity index (χ4v) is 11.2. The van der Waals surface area contributed by atoms with Gasteiger partial charge in [-0.1, -0.05) is 17.8 Å². The lowest BCUT2D eigenvalue weighted by atomic mass is 9.48. The number of nitrogens with zero attached hydrogens (tertiary/aromatic N) is 1. The number of rotatable bonds is 4. The van der Waals surface area contributed by atoms with Gasteiger partial charge in [0.15, 0.2) is 15.0 Å². The first-order valence-corrected chi connectivity index (χ1v) is 15.0. The lowest BCUT2D eigenvalue weighted by Crippen LogP contribution is -2.55. The van der Waals surface area contributed by atoms with Gasteiger partial charge in [0.1, 0.15) is 0 Å². The van der Waals surface area contributed by atoms with Crippen LogP contribution in [0.4, 0.5) is 5.69 Å². The number of aliphatic imine (C=N–C) groups is 1. The molecular weight excluding hydrogens is 454 g/mol. The van der Waals surface area contributed by atoms with Crippen molar-refractivity contribution >= 4 is 38.4 Å². The fraction of sp³-hybridized carbons (Fsp3) is 0.680. The van der Waals surface area contributed by atoms with Crippen molar-refractivity contribution in [3.8, 4) is 0 Å². The van der Waals surface area contributed by atoms with Gasteiger partial charge >= 0.3 is 0 Å². The molecule has 6 nitrogen and oxygen atoms in total. The third-order valence-electron chi connectivity index (χ3n) is 8.91. The van der Waals surface area contributed by atoms with E-state index in [4.69, 9.17) is 0 Å². The van der Waals surface area contributed by atoms with Crippen molar-refractivity contribution in [2.45, 2.75) is 69.7 Å². The average molecular weight is 488 g/mol. The van der Waals surface area contributed by atoms with Gasteiger partial charge in [-0.25, -0.2) is 8.42 Å². The van der Waals surface area contributed by atoms with Gasteiger partial charge in [-0.15, -0.1) is 0 Å². The lowest BCUT2D eigenvalue weighted by Gasteiger charge is -2.59. The van der Waals surface area contributed by atoms with Crippen LogP contribution in [0.3, 0.4) is 0 Å². The molecule has 2 aliphatic heterocycles. The number of amidine groups is 1. The van der Waals surface area contributed by atoms with Gasteiger partial charge in [-0.05, 0) is 93.2 Å². The molecule has 1 saturated heterocycles. The Bertz CT molecular complexity index is 1090. The van der Waals surface area contributed by atoms with Crippen LogP contribution in [0.5, 0.6) is 0 Å². The Morgan fingerprint density at radius 3 is 2.42 bits per heavy atom. The molecule has 33 heavy (non-hydrogen) atoms. The van der Waals surface area contributed by atoms with Crippen molar-refractivity contribution in [3.63, 3.8) is 0 Å². The number of aryl methyl sites for hydroxylation is 1. The zero-order valence-electron chi connectivity index (χ0n) is 19.3. The number of hydrogen-bond acceptors (Lipinski definition) is 6. The summed E-state index contributed by atoms with van der Waals surface area (Å²) < 4.78 is 23.6. The Hall–Kier alpha value is -1.54. The summed E-state index contributed by atoms with van der Waals surface area (Å²) in [5, 5.41) is 7.48. The number of amides is 1. The van der Waals surface area contributed by atoms with Crippen molar-refractivity contribution < 1.29 is 13.2 Å². The summed E-state index contributed by atoms with van der Waals surface area (Å²) in [6.45, 7) is 4.22. The summed E-state index contributed by atoms with van der Waals surface area (Å²) in [6, 6.07) is 5.80. The molecule has 2 N–H and O–H groups in total. The molecule has 1 amide bonds. The molecule has 0 spiro atoms. The quantitative estimate of drug-likeness (QED) is 0.670. The normalized spacial score (nSPS) is 38.6. The van der Waals surface area contributed by atoms with E-state index in [0.717, 1.165) is 34.2 Å². The first kappa shape index (κ1) is 22.0. The SMILES string of the molecule is Cc1ccc(C(=O)N[C@H](C)C23CC4CC(CC(C4)C2)C3)cc1NC1=N[C@@H]2CS(=O)(=O)C[C@H]2S1. The van der Waals surface area contributed by atoms with Gasteiger partial charge in [0.25, 0.3) is 5.91 Å². The highest BCUT2D eigenvalue weighted by atomic mass is 32.2. The molecule has 7 rings (SSSR count). The first-order chi connectivity index (χ1) is 15.7. The largest absolute Gasteiger partial charge is 0.349 e. The second kappa shape index (κ2) is 7.74. The Kier molecular flexibility index (Phi) is 5.15. The topological polar surface area (TPSA) is 87.6 Å². The van der Waals surface area contributed by atoms with Gasteiger partial charge in [-0.2, -0.15) is 0 Å². The molecule has 0 unspecified atom stereocenters. The summed E-state index contributed by atoms with van der Waals surface area (Å²) >= 11 is 1.50. The highest BCUT2D eigenvalue weighted by molar-refractivity contribution is 8.15. The van der Waals surface area contributed by atoms with Crippen molar-refractivity contribution in [3.05, 3.63) is 29.3 Å². The number of carbonyl (C=O) groups excluding carboxylic acids is 1. The maximum absolute atomic E-state index is 13.2. The van der Waals surface area contributed by atoms with Crippen LogP contribution < -0.4 is 10.6 Å². The van der Waals surface area contributed by atoms with Crippen molar-refractivity contribution in [1.29, 1.82) is 0 Å². The molecule has 1 aromatic carbocycles. The minimum Gasteiger partial charge on any atom is -0.349 e. The standard InChI is InChI=1S/C25H33N3O3S2/c1-14-3-4-19(8-20(14)27-24-28-21-12-33(30,31)13-22(21)32-24)23(29)26-15(2)25-9-16-5-17(10-25)7-18(6-16)11-25/h3-4,8,15-18,21-22H,5-7,9-13H2,1-2H3,(H,26,29)(H,27,28)/t15-,16?,17?,18?,21-,22-,25?/m1/s1. The molecule has 4 aliphatic carbocycles. The minimum absolute atomic E-state index is 0.00502. The van der Waals surface area contributed by atoms with Gasteiger partial charge in [0.05, 0.1) is 17.5 Å². The van der Waals surface area contributed by atoms with E-state index in [0.29, 0.717) is 5.56 Å². The first-order valence-electron chi connectivity index (χ1n) is 12.3. The van der Waals surface area contributed by atoms with Gasteiger partial charge in [0.2, 0.25) is 0 Å². The zero-order chi connectivity index (χ0) is 23.0. The van der Waals surface area contributed by atoms with Crippen LogP contribution in [-0.4, -0.2) is 48.3 Å². The van der Waals surface area contributed by atoms with E-state index in [9.17, 15) is 13.2 Å². The van der Waals surface area contributed by atoms with Crippen molar-refractivity contribution in [2.75, 3.05) is 16.8 Å². The van der Waals surface area contributed by atoms with Gasteiger partial charge in [0, 0.05) is 22.5 Å². The van der Waals surface area contributed by atoms with E-state index in [-0.39, 0.29) is 40.2 Å². The Morgan fingerprint density at radius 2 is 1.79 bits per heavy atom. The molecular formula is C25H33N3O3S2.